The van der Waals surface area contributed by atoms with Gasteiger partial charge in [-0.3, -0.25) is 5.87 Å². The molecule has 1 aliphatic carbocycles. The molecule has 2 aromatic rings. The Morgan fingerprint density at radius 2 is 2.00 bits per heavy atom. The first-order valence-corrected chi connectivity index (χ1v) is 6.80. The predicted molar refractivity (Wildman–Crippen MR) is 84.6 cm³/mol. The Kier molecular flexibility index (Phi) is 3.45. The average Bonchev–Trinajstić information content (AvgIpc) is 3.05. The van der Waals surface area contributed by atoms with Gasteiger partial charge >= 0.3 is 5.97 Å². The van der Waals surface area contributed by atoms with Crippen molar-refractivity contribution in [2.75, 3.05) is 7.11 Å². The zero-order valence-electron chi connectivity index (χ0n) is 12.3. The van der Waals surface area contributed by atoms with Crippen molar-refractivity contribution in [3.8, 4) is 0 Å². The maximum atomic E-state index is 12.0. The average molecular weight is 289 g/mol. The van der Waals surface area contributed by atoms with Crippen LogP contribution in [0, 0.1) is 17.5 Å². The number of fused-ring (bicyclic) bond motifs is 1. The predicted octanol–water partition coefficient (Wildman–Crippen LogP) is 1.18. The Balaban J connectivity index is 2.50. The van der Waals surface area contributed by atoms with E-state index in [4.69, 9.17) is 10.1 Å². The van der Waals surface area contributed by atoms with Gasteiger partial charge in [-0.1, -0.05) is 30.4 Å². The molecule has 1 aliphatic rings. The summed E-state index contributed by atoms with van der Waals surface area (Å²) in [5, 5.41) is 12.0. The molecule has 108 valence electrons. The number of carbonyl (C=O) groups is 1. The van der Waals surface area contributed by atoms with Crippen molar-refractivity contribution in [3.05, 3.63) is 73.6 Å². The van der Waals surface area contributed by atoms with Crippen LogP contribution in [0.25, 0.3) is 17.6 Å². The largest absolute Gasteiger partial charge is 0.763 e. The number of hydrogen-bond acceptors (Lipinski definition) is 3. The molecule has 0 amide bonds. The van der Waals surface area contributed by atoms with E-state index >= 15 is 0 Å². The minimum Gasteiger partial charge on any atom is -0.763 e. The maximum Gasteiger partial charge on any atom is 0.356 e. The number of ether oxygens (including phenoxy) is 1. The zero-order chi connectivity index (χ0) is 15.7. The zero-order valence-corrected chi connectivity index (χ0v) is 12.3. The van der Waals surface area contributed by atoms with Gasteiger partial charge in [-0.2, -0.15) is 0 Å². The second-order valence-electron chi connectivity index (χ2n) is 4.97. The number of pyridine rings is 1. The molecule has 0 aliphatic heterocycles. The highest BCUT2D eigenvalue weighted by Gasteiger charge is 2.16. The number of aromatic nitrogens is 1. The van der Waals surface area contributed by atoms with Gasteiger partial charge in [0.15, 0.2) is 5.69 Å². The van der Waals surface area contributed by atoms with Crippen LogP contribution in [-0.4, -0.2) is 23.9 Å². The number of carbonyl (C=O) groups excluding carboxylic acids is 1. The van der Waals surface area contributed by atoms with Crippen molar-refractivity contribution in [1.82, 2.24) is 4.98 Å². The van der Waals surface area contributed by atoms with Gasteiger partial charge in [0.1, 0.15) is 0 Å². The quantitative estimate of drug-likeness (QED) is 0.585. The summed E-state index contributed by atoms with van der Waals surface area (Å²) in [5.41, 5.74) is 2.11. The summed E-state index contributed by atoms with van der Waals surface area (Å²) in [6.45, 7) is 1.87. The molecule has 0 radical (unpaired) electrons. The highest BCUT2D eigenvalue weighted by Crippen LogP contribution is 2.14. The summed E-state index contributed by atoms with van der Waals surface area (Å²) in [6.07, 6.45) is 5.88. The van der Waals surface area contributed by atoms with Gasteiger partial charge in [-0.15, -0.1) is 0 Å². The summed E-state index contributed by atoms with van der Waals surface area (Å²) >= 11 is 0. The maximum absolute atomic E-state index is 12.0. The van der Waals surface area contributed by atoms with Gasteiger partial charge in [0, 0.05) is 10.4 Å². The molecule has 0 spiro atoms. The third-order valence-electron chi connectivity index (χ3n) is 3.72. The Bertz CT molecular complexity index is 1020. The van der Waals surface area contributed by atoms with Crippen LogP contribution in [0.4, 0.5) is 0 Å². The van der Waals surface area contributed by atoms with Crippen LogP contribution >= 0.6 is 0 Å². The molecule has 3 rings (SSSR count). The summed E-state index contributed by atoms with van der Waals surface area (Å²) in [6, 6.07) is 7.15. The summed E-state index contributed by atoms with van der Waals surface area (Å²) < 4.78 is 4.83. The van der Waals surface area contributed by atoms with E-state index in [1.807, 2.05) is 37.3 Å². The first-order valence-electron chi connectivity index (χ1n) is 6.80. The van der Waals surface area contributed by atoms with E-state index in [0.717, 1.165) is 26.9 Å². The Hall–Kier alpha value is -2.97. The molecule has 0 atom stereocenters. The molecule has 0 saturated heterocycles. The normalized spacial score (nSPS) is 11.5. The van der Waals surface area contributed by atoms with E-state index in [-0.39, 0.29) is 0 Å². The number of nitrogens with zero attached hydrogens (tertiary/aromatic N) is 2. The molecule has 1 aromatic heterocycles. The summed E-state index contributed by atoms with van der Waals surface area (Å²) in [4.78, 5) is 16.5. The molecule has 0 N–H and O–H groups in total. The van der Waals surface area contributed by atoms with Gasteiger partial charge in [-0.05, 0) is 35.4 Å². The van der Waals surface area contributed by atoms with Crippen LogP contribution in [0.1, 0.15) is 21.6 Å². The first-order chi connectivity index (χ1) is 10.7. The van der Waals surface area contributed by atoms with Crippen LogP contribution in [0.3, 0.4) is 0 Å². The lowest BCUT2D eigenvalue weighted by molar-refractivity contribution is 0.0593. The lowest BCUT2D eigenvalue weighted by atomic mass is 10.1. The van der Waals surface area contributed by atoms with Crippen molar-refractivity contribution < 1.29 is 9.53 Å². The second-order valence-corrected chi connectivity index (χ2v) is 4.97. The van der Waals surface area contributed by atoms with Gasteiger partial charge < -0.3 is 10.1 Å². The van der Waals surface area contributed by atoms with E-state index in [1.54, 1.807) is 12.1 Å². The smallest absolute Gasteiger partial charge is 0.356 e. The third kappa shape index (κ3) is 2.16. The van der Waals surface area contributed by atoms with Gasteiger partial charge in [-0.25, -0.2) is 9.78 Å². The van der Waals surface area contributed by atoms with Crippen LogP contribution in [0.2, 0.25) is 0 Å². The summed E-state index contributed by atoms with van der Waals surface area (Å²) in [7, 11) is 1.35. The molecule has 1 heterocycles. The van der Waals surface area contributed by atoms with Gasteiger partial charge in [0.25, 0.3) is 0 Å². The van der Waals surface area contributed by atoms with Crippen LogP contribution in [-0.2, 0) is 4.74 Å². The number of rotatable bonds is 1. The molecule has 0 unspecified atom stereocenters. The minimum absolute atomic E-state index is 0.320. The molecule has 22 heavy (non-hydrogen) atoms. The summed E-state index contributed by atoms with van der Waals surface area (Å²) in [5.74, 6) is 1.64. The molecule has 0 fully saturated rings. The van der Waals surface area contributed by atoms with Crippen molar-refractivity contribution in [2.45, 2.75) is 6.92 Å². The van der Waals surface area contributed by atoms with Crippen molar-refractivity contribution in [3.63, 3.8) is 0 Å². The van der Waals surface area contributed by atoms with E-state index in [2.05, 4.69) is 10.9 Å². The topological polar surface area (TPSA) is 61.5 Å². The lowest BCUT2D eigenvalue weighted by Crippen LogP contribution is -2.18. The Labute approximate surface area is 126 Å². The van der Waals surface area contributed by atoms with Crippen LogP contribution in [0.15, 0.2) is 30.3 Å². The second kappa shape index (κ2) is 5.43. The minimum atomic E-state index is -0.449. The van der Waals surface area contributed by atoms with Gasteiger partial charge in [0.05, 0.1) is 12.5 Å². The van der Waals surface area contributed by atoms with E-state index in [0.29, 0.717) is 10.9 Å². The van der Waals surface area contributed by atoms with Crippen molar-refractivity contribution in [1.29, 1.82) is 0 Å². The molecular weight excluding hydrogens is 276 g/mol. The third-order valence-corrected chi connectivity index (χ3v) is 3.72. The Morgan fingerprint density at radius 3 is 2.64 bits per heavy atom. The molecule has 0 saturated carbocycles. The fraction of sp³-hybridized carbons (Fsp3) is 0.111. The van der Waals surface area contributed by atoms with Crippen molar-refractivity contribution in [2.24, 2.45) is 0 Å². The molecule has 4 heteroatoms. The van der Waals surface area contributed by atoms with E-state index in [1.165, 1.54) is 7.11 Å². The molecule has 0 bridgehead atoms. The van der Waals surface area contributed by atoms with E-state index < -0.39 is 5.97 Å². The number of hydrogen-bond donors (Lipinski definition) is 0. The Morgan fingerprint density at radius 1 is 1.27 bits per heavy atom. The SMILES string of the molecule is COC(=O)c1nc(=c2ccc(=C=[N-])cc2)c2c(c1C)C=CC=2. The highest BCUT2D eigenvalue weighted by atomic mass is 16.5. The van der Waals surface area contributed by atoms with Gasteiger partial charge in [0.2, 0.25) is 0 Å². The molecule has 4 nitrogen and oxygen atoms in total. The monoisotopic (exact) mass is 289 g/mol. The van der Waals surface area contributed by atoms with Crippen LogP contribution < -0.4 is 10.4 Å². The number of methoxy groups -OCH3 is 1. The molecular formula is C18H13N2O2-. The number of benzene rings is 1. The highest BCUT2D eigenvalue weighted by molar-refractivity contribution is 5.90. The fourth-order valence-corrected chi connectivity index (χ4v) is 2.56. The number of allylic oxidation sites excluding steroid dienone is 1. The first kappa shape index (κ1) is 14.0. The number of esters is 1. The standard InChI is InChI=1S/C18H13N2O2/c1-11-14-4-3-5-15(14)17(20-16(11)18(21)22-2)13-8-6-12(10-19)7-9-13/h3-9H,1-2H3/q-1. The lowest BCUT2D eigenvalue weighted by Gasteiger charge is -2.06. The van der Waals surface area contributed by atoms with Crippen molar-refractivity contribution >= 4 is 24.0 Å². The van der Waals surface area contributed by atoms with Crippen LogP contribution in [0.5, 0.6) is 0 Å². The fourth-order valence-electron chi connectivity index (χ4n) is 2.56. The van der Waals surface area contributed by atoms with E-state index in [9.17, 15) is 4.79 Å². The molecule has 1 aromatic carbocycles.